The van der Waals surface area contributed by atoms with Gasteiger partial charge in [0.1, 0.15) is 5.82 Å². The predicted molar refractivity (Wildman–Crippen MR) is 113 cm³/mol. The van der Waals surface area contributed by atoms with Crippen LogP contribution in [0.2, 0.25) is 0 Å². The molecule has 1 N–H and O–H groups in total. The van der Waals surface area contributed by atoms with Crippen molar-refractivity contribution < 1.29 is 9.90 Å². The van der Waals surface area contributed by atoms with E-state index in [-0.39, 0.29) is 11.3 Å². The normalized spacial score (nSPS) is 11.0. The first-order valence-corrected chi connectivity index (χ1v) is 10.1. The molecule has 0 saturated heterocycles. The second kappa shape index (κ2) is 9.37. The fourth-order valence-electron chi connectivity index (χ4n) is 3.46. The summed E-state index contributed by atoms with van der Waals surface area (Å²) in [5.74, 6) is -0.120. The van der Waals surface area contributed by atoms with Gasteiger partial charge < -0.3 is 5.11 Å². The van der Waals surface area contributed by atoms with Crippen LogP contribution < -0.4 is 5.69 Å². The summed E-state index contributed by atoms with van der Waals surface area (Å²) >= 11 is 0. The standard InChI is InChI=1S/C23H27N3O3/c1-3-5-6-11-21-24-26(4-2)23(29)25(21)16-17-12-14-18(15-13-17)19-9-7-8-10-20(19)22(27)28/h7-10,12-15H,3-6,11,16H2,1-2H3,(H,27,28). The Hall–Kier alpha value is -3.15. The van der Waals surface area contributed by atoms with Crippen LogP contribution >= 0.6 is 0 Å². The van der Waals surface area contributed by atoms with Crippen LogP contribution in [0.3, 0.4) is 0 Å². The first-order valence-electron chi connectivity index (χ1n) is 10.1. The van der Waals surface area contributed by atoms with Crippen molar-refractivity contribution in [3.8, 4) is 11.1 Å². The Bertz CT molecular complexity index is 1030. The van der Waals surface area contributed by atoms with Gasteiger partial charge in [0.15, 0.2) is 0 Å². The number of carboxylic acids is 1. The Balaban J connectivity index is 1.86. The van der Waals surface area contributed by atoms with Gasteiger partial charge in [-0.25, -0.2) is 14.3 Å². The van der Waals surface area contributed by atoms with E-state index in [4.69, 9.17) is 0 Å². The van der Waals surface area contributed by atoms with Gasteiger partial charge in [0.2, 0.25) is 0 Å². The first-order chi connectivity index (χ1) is 14.0. The molecule has 3 rings (SSSR count). The number of carbonyl (C=O) groups is 1. The van der Waals surface area contributed by atoms with Crippen LogP contribution in [0.1, 0.15) is 54.9 Å². The first kappa shape index (κ1) is 20.6. The summed E-state index contributed by atoms with van der Waals surface area (Å²) in [5, 5.41) is 13.9. The quantitative estimate of drug-likeness (QED) is 0.553. The van der Waals surface area contributed by atoms with Crippen molar-refractivity contribution in [3.63, 3.8) is 0 Å². The number of rotatable bonds is 9. The van der Waals surface area contributed by atoms with Crippen molar-refractivity contribution in [2.45, 2.75) is 52.6 Å². The molecule has 0 saturated carbocycles. The van der Waals surface area contributed by atoms with Gasteiger partial charge in [-0.15, -0.1) is 0 Å². The van der Waals surface area contributed by atoms with E-state index in [1.54, 1.807) is 22.8 Å². The summed E-state index contributed by atoms with van der Waals surface area (Å²) in [5.41, 5.74) is 2.70. The van der Waals surface area contributed by atoms with Crippen molar-refractivity contribution in [3.05, 3.63) is 76.0 Å². The molecule has 0 amide bonds. The van der Waals surface area contributed by atoms with Crippen LogP contribution in [0.5, 0.6) is 0 Å². The Morgan fingerprint density at radius 1 is 1.03 bits per heavy atom. The molecule has 0 aliphatic carbocycles. The molecule has 3 aromatic rings. The van der Waals surface area contributed by atoms with E-state index in [1.165, 1.54) is 4.68 Å². The lowest BCUT2D eigenvalue weighted by atomic mass is 9.99. The zero-order chi connectivity index (χ0) is 20.8. The van der Waals surface area contributed by atoms with E-state index in [0.29, 0.717) is 18.7 Å². The zero-order valence-electron chi connectivity index (χ0n) is 17.0. The number of nitrogens with zero attached hydrogens (tertiary/aromatic N) is 3. The van der Waals surface area contributed by atoms with Gasteiger partial charge in [0, 0.05) is 13.0 Å². The minimum absolute atomic E-state index is 0.0840. The Kier molecular flexibility index (Phi) is 6.65. The van der Waals surface area contributed by atoms with Crippen molar-refractivity contribution in [1.82, 2.24) is 14.3 Å². The third kappa shape index (κ3) is 4.65. The van der Waals surface area contributed by atoms with Gasteiger partial charge in [0.25, 0.3) is 0 Å². The molecule has 0 spiro atoms. The topological polar surface area (TPSA) is 77.1 Å². The Morgan fingerprint density at radius 3 is 2.41 bits per heavy atom. The second-order valence-electron chi connectivity index (χ2n) is 7.11. The summed E-state index contributed by atoms with van der Waals surface area (Å²) in [6.45, 7) is 5.09. The fraction of sp³-hybridized carbons (Fsp3) is 0.348. The molecule has 6 heteroatoms. The maximum absolute atomic E-state index is 12.7. The highest BCUT2D eigenvalue weighted by molar-refractivity contribution is 5.95. The minimum atomic E-state index is -0.945. The second-order valence-corrected chi connectivity index (χ2v) is 7.11. The monoisotopic (exact) mass is 393 g/mol. The van der Waals surface area contributed by atoms with Crippen LogP contribution in [0.15, 0.2) is 53.3 Å². The summed E-state index contributed by atoms with van der Waals surface area (Å²) < 4.78 is 3.26. The lowest BCUT2D eigenvalue weighted by Crippen LogP contribution is -2.25. The molecule has 1 aromatic heterocycles. The van der Waals surface area contributed by atoms with Crippen molar-refractivity contribution in [2.24, 2.45) is 0 Å². The summed E-state index contributed by atoms with van der Waals surface area (Å²) in [7, 11) is 0. The van der Waals surface area contributed by atoms with Gasteiger partial charge in [-0.05, 0) is 36.1 Å². The highest BCUT2D eigenvalue weighted by Gasteiger charge is 2.14. The molecule has 2 aromatic carbocycles. The number of unbranched alkanes of at least 4 members (excludes halogenated alkanes) is 2. The Labute approximate surface area is 170 Å². The third-order valence-corrected chi connectivity index (χ3v) is 5.07. The smallest absolute Gasteiger partial charge is 0.346 e. The molecule has 0 fully saturated rings. The van der Waals surface area contributed by atoms with E-state index < -0.39 is 5.97 Å². The van der Waals surface area contributed by atoms with E-state index in [0.717, 1.165) is 42.6 Å². The molecule has 0 unspecified atom stereocenters. The van der Waals surface area contributed by atoms with E-state index >= 15 is 0 Å². The molecule has 1 heterocycles. The number of hydrogen-bond donors (Lipinski definition) is 1. The number of benzene rings is 2. The molecular formula is C23H27N3O3. The highest BCUT2D eigenvalue weighted by Crippen LogP contribution is 2.24. The number of carboxylic acid groups (broad SMARTS) is 1. The average Bonchev–Trinajstić information content (AvgIpc) is 3.03. The van der Waals surface area contributed by atoms with Crippen LogP contribution in [-0.4, -0.2) is 25.4 Å². The molecule has 0 radical (unpaired) electrons. The van der Waals surface area contributed by atoms with Gasteiger partial charge in [-0.1, -0.05) is 62.2 Å². The summed E-state index contributed by atoms with van der Waals surface area (Å²) in [6, 6.07) is 14.7. The molecule has 0 aliphatic rings. The molecule has 0 aliphatic heterocycles. The number of aromatic nitrogens is 3. The van der Waals surface area contributed by atoms with Gasteiger partial charge in [-0.3, -0.25) is 4.57 Å². The van der Waals surface area contributed by atoms with Gasteiger partial charge in [-0.2, -0.15) is 5.10 Å². The third-order valence-electron chi connectivity index (χ3n) is 5.07. The number of aromatic carboxylic acids is 1. The minimum Gasteiger partial charge on any atom is -0.478 e. The number of hydrogen-bond acceptors (Lipinski definition) is 3. The van der Waals surface area contributed by atoms with E-state index in [2.05, 4.69) is 12.0 Å². The van der Waals surface area contributed by atoms with E-state index in [1.807, 2.05) is 37.3 Å². The van der Waals surface area contributed by atoms with Crippen LogP contribution in [0.25, 0.3) is 11.1 Å². The molecule has 0 bridgehead atoms. The van der Waals surface area contributed by atoms with Crippen molar-refractivity contribution in [1.29, 1.82) is 0 Å². The zero-order valence-corrected chi connectivity index (χ0v) is 17.0. The van der Waals surface area contributed by atoms with Crippen molar-refractivity contribution in [2.75, 3.05) is 0 Å². The van der Waals surface area contributed by atoms with E-state index in [9.17, 15) is 14.7 Å². The predicted octanol–water partition coefficient (Wildman–Crippen LogP) is 4.21. The number of aryl methyl sites for hydroxylation is 2. The summed E-state index contributed by atoms with van der Waals surface area (Å²) in [6.07, 6.45) is 4.05. The molecule has 6 nitrogen and oxygen atoms in total. The van der Waals surface area contributed by atoms with Crippen LogP contribution in [-0.2, 0) is 19.5 Å². The molecule has 0 atom stereocenters. The Morgan fingerprint density at radius 2 is 1.76 bits per heavy atom. The highest BCUT2D eigenvalue weighted by atomic mass is 16.4. The molecular weight excluding hydrogens is 366 g/mol. The van der Waals surface area contributed by atoms with Crippen LogP contribution in [0.4, 0.5) is 0 Å². The van der Waals surface area contributed by atoms with Crippen LogP contribution in [0, 0.1) is 0 Å². The maximum atomic E-state index is 12.7. The van der Waals surface area contributed by atoms with Crippen molar-refractivity contribution >= 4 is 5.97 Å². The lowest BCUT2D eigenvalue weighted by Gasteiger charge is -2.09. The fourth-order valence-corrected chi connectivity index (χ4v) is 3.46. The van der Waals surface area contributed by atoms with Gasteiger partial charge in [0.05, 0.1) is 12.1 Å². The molecule has 29 heavy (non-hydrogen) atoms. The average molecular weight is 393 g/mol. The SMILES string of the molecule is CCCCCc1nn(CC)c(=O)n1Cc1ccc(-c2ccccc2C(=O)O)cc1. The largest absolute Gasteiger partial charge is 0.478 e. The lowest BCUT2D eigenvalue weighted by molar-refractivity contribution is 0.0697. The van der Waals surface area contributed by atoms with Gasteiger partial charge >= 0.3 is 11.7 Å². The maximum Gasteiger partial charge on any atom is 0.346 e. The molecule has 152 valence electrons. The summed E-state index contributed by atoms with van der Waals surface area (Å²) in [4.78, 5) is 24.1.